The molecule has 2 aromatic carbocycles. The number of nitrogens with one attached hydrogen (secondary N) is 5. The molecule has 49 heavy (non-hydrogen) atoms. The van der Waals surface area contributed by atoms with E-state index in [1.165, 1.54) is 0 Å². The van der Waals surface area contributed by atoms with Crippen molar-refractivity contribution in [3.63, 3.8) is 0 Å². The Hall–Kier alpha value is -2.52. The quantitative estimate of drug-likeness (QED) is 0.0484. The van der Waals surface area contributed by atoms with Gasteiger partial charge in [-0.3, -0.25) is 28.6 Å². The third kappa shape index (κ3) is 14.3. The molecule has 19 heteroatoms. The van der Waals surface area contributed by atoms with E-state index < -0.39 is 58.2 Å². The van der Waals surface area contributed by atoms with E-state index in [1.54, 1.807) is 62.4 Å². The third-order valence-electron chi connectivity index (χ3n) is 6.28. The fourth-order valence-electron chi connectivity index (χ4n) is 3.82. The maximum Gasteiger partial charge on any atom is 0.329 e. The minimum Gasteiger partial charge on any atom is -0.464 e. The van der Waals surface area contributed by atoms with Gasteiger partial charge in [-0.05, 0) is 38.1 Å². The van der Waals surface area contributed by atoms with E-state index in [0.717, 1.165) is 23.9 Å². The summed E-state index contributed by atoms with van der Waals surface area (Å²) in [5.41, 5.74) is 0.960. The second-order valence-corrected chi connectivity index (χ2v) is 13.1. The molecular formula is C30H39N5O8S6. The first-order valence-electron chi connectivity index (χ1n) is 14.8. The summed E-state index contributed by atoms with van der Waals surface area (Å²) in [5.74, 6) is -2.12. The van der Waals surface area contributed by atoms with Gasteiger partial charge in [0.25, 0.3) is 11.8 Å². The molecule has 4 atom stereocenters. The molecule has 0 aromatic heterocycles. The Morgan fingerprint density at radius 3 is 1.33 bits per heavy atom. The highest BCUT2D eigenvalue weighted by Crippen LogP contribution is 2.25. The van der Waals surface area contributed by atoms with Crippen molar-refractivity contribution in [2.75, 3.05) is 41.5 Å². The Morgan fingerprint density at radius 1 is 0.633 bits per heavy atom. The topological polar surface area (TPSA) is 181 Å². The molecule has 2 rings (SSSR count). The van der Waals surface area contributed by atoms with Crippen molar-refractivity contribution in [2.45, 2.75) is 38.0 Å². The minimum atomic E-state index is -1.08. The molecule has 0 radical (unpaired) electrons. The molecule has 2 aromatic rings. The van der Waals surface area contributed by atoms with Crippen LogP contribution in [0, 0.1) is 0 Å². The zero-order chi connectivity index (χ0) is 36.3. The smallest absolute Gasteiger partial charge is 0.329 e. The Bertz CT molecular complexity index is 1350. The van der Waals surface area contributed by atoms with Crippen LogP contribution in [-0.4, -0.2) is 94.4 Å². The van der Waals surface area contributed by atoms with Crippen LogP contribution >= 0.6 is 74.4 Å². The van der Waals surface area contributed by atoms with Gasteiger partial charge in [-0.15, -0.1) is 25.3 Å². The molecule has 268 valence electrons. The van der Waals surface area contributed by atoms with Crippen LogP contribution in [-0.2, 0) is 28.7 Å². The zero-order valence-electron chi connectivity index (χ0n) is 26.5. The molecule has 0 aliphatic heterocycles. The number of hydrogen-bond donors (Lipinski definition) is 9. The summed E-state index contributed by atoms with van der Waals surface area (Å²) in [6, 6.07) is 9.48. The lowest BCUT2D eigenvalue weighted by molar-refractivity contribution is -0.145. The van der Waals surface area contributed by atoms with Crippen LogP contribution in [0.5, 0.6) is 0 Å². The van der Waals surface area contributed by atoms with Crippen molar-refractivity contribution >= 4 is 120 Å². The molecule has 2 unspecified atom stereocenters. The number of thiol groups is 4. The largest absolute Gasteiger partial charge is 0.464 e. The van der Waals surface area contributed by atoms with Gasteiger partial charge in [0, 0.05) is 23.0 Å². The molecule has 5 N–H and O–H groups in total. The standard InChI is InChI=1S/C30H39N5O8S6/c1-3-42-27(38)23(15-48-34-21(13-44)29(40)46)32-25(36)17-9-5-7-11-19(17)31-20-12-8-6-10-18(20)26(37)33-24(28(39)43-4-2)16-49-35-22(14-45)30(41)47/h5-12,21-24,31,34-35,44-45H,3-4,13-16H2,1-2H3,(H,32,36)(H,33,37)(H,40,46)(H,41,47)/t21-,22-,23?,24?/m0/s1. The van der Waals surface area contributed by atoms with E-state index in [1.807, 2.05) is 0 Å². The molecule has 0 saturated carbocycles. The van der Waals surface area contributed by atoms with Crippen LogP contribution in [0.4, 0.5) is 11.4 Å². The Labute approximate surface area is 315 Å². The van der Waals surface area contributed by atoms with Crippen LogP contribution in [0.15, 0.2) is 48.5 Å². The van der Waals surface area contributed by atoms with E-state index in [2.05, 4.69) is 75.9 Å². The van der Waals surface area contributed by atoms with Gasteiger partial charge in [-0.2, -0.15) is 25.3 Å². The summed E-state index contributed by atoms with van der Waals surface area (Å²) in [5, 5.41) is 7.63. The average molecular weight is 790 g/mol. The van der Waals surface area contributed by atoms with Crippen molar-refractivity contribution in [1.82, 2.24) is 20.1 Å². The summed E-state index contributed by atoms with van der Waals surface area (Å²) >= 11 is 17.9. The van der Waals surface area contributed by atoms with Crippen molar-refractivity contribution < 1.29 is 38.2 Å². The summed E-state index contributed by atoms with van der Waals surface area (Å²) in [6.45, 7) is 3.46. The first kappa shape index (κ1) is 42.6. The van der Waals surface area contributed by atoms with Crippen LogP contribution in [0.25, 0.3) is 0 Å². The monoisotopic (exact) mass is 789 g/mol. The molecule has 0 saturated heterocycles. The molecule has 0 fully saturated rings. The van der Waals surface area contributed by atoms with E-state index in [-0.39, 0.29) is 47.4 Å². The zero-order valence-corrected chi connectivity index (χ0v) is 31.8. The lowest BCUT2D eigenvalue weighted by Crippen LogP contribution is -2.45. The fraction of sp³-hybridized carbons (Fsp3) is 0.400. The van der Waals surface area contributed by atoms with Gasteiger partial charge in [0.1, 0.15) is 12.1 Å². The molecule has 0 bridgehead atoms. The van der Waals surface area contributed by atoms with Gasteiger partial charge in [-0.25, -0.2) is 9.59 Å². The van der Waals surface area contributed by atoms with Crippen molar-refractivity contribution in [3.8, 4) is 0 Å². The van der Waals surface area contributed by atoms with Gasteiger partial charge in [0.05, 0.1) is 47.8 Å². The first-order valence-corrected chi connectivity index (χ1v) is 18.9. The Morgan fingerprint density at radius 2 is 1.00 bits per heavy atom. The predicted octanol–water partition coefficient (Wildman–Crippen LogP) is 2.74. The van der Waals surface area contributed by atoms with Crippen LogP contribution < -0.4 is 25.4 Å². The molecule has 0 spiro atoms. The number of anilines is 2. The van der Waals surface area contributed by atoms with Crippen molar-refractivity contribution in [3.05, 3.63) is 59.7 Å². The number of para-hydroxylation sites is 2. The maximum atomic E-state index is 13.5. The number of rotatable bonds is 22. The predicted molar refractivity (Wildman–Crippen MR) is 206 cm³/mol. The molecular weight excluding hydrogens is 751 g/mol. The maximum absolute atomic E-state index is 13.5. The minimum absolute atomic E-state index is 0.0319. The number of esters is 2. The van der Waals surface area contributed by atoms with Crippen LogP contribution in [0.2, 0.25) is 0 Å². The second-order valence-electron chi connectivity index (χ2n) is 9.78. The molecule has 0 heterocycles. The lowest BCUT2D eigenvalue weighted by Gasteiger charge is -2.21. The molecule has 2 amide bonds. The summed E-state index contributed by atoms with van der Waals surface area (Å²) in [4.78, 5) is 75.7. The highest BCUT2D eigenvalue weighted by atomic mass is 32.2. The van der Waals surface area contributed by atoms with E-state index in [0.29, 0.717) is 11.4 Å². The third-order valence-corrected chi connectivity index (χ3v) is 9.53. The van der Waals surface area contributed by atoms with Gasteiger partial charge in [0.2, 0.25) is 10.2 Å². The highest BCUT2D eigenvalue weighted by Gasteiger charge is 2.27. The van der Waals surface area contributed by atoms with Crippen LogP contribution in [0.1, 0.15) is 34.6 Å². The number of ether oxygens (including phenoxy) is 2. The van der Waals surface area contributed by atoms with Gasteiger partial charge in [0.15, 0.2) is 0 Å². The lowest BCUT2D eigenvalue weighted by atomic mass is 10.1. The second kappa shape index (κ2) is 23.0. The van der Waals surface area contributed by atoms with E-state index in [4.69, 9.17) is 9.47 Å². The molecule has 0 aliphatic carbocycles. The number of carbonyl (C=O) groups excluding carboxylic acids is 6. The van der Waals surface area contributed by atoms with Gasteiger partial charge >= 0.3 is 11.9 Å². The average Bonchev–Trinajstić information content (AvgIpc) is 3.07. The first-order chi connectivity index (χ1) is 23.5. The van der Waals surface area contributed by atoms with E-state index in [9.17, 15) is 28.8 Å². The summed E-state index contributed by atoms with van der Waals surface area (Å²) in [7, 11) is 0. The fourth-order valence-corrected chi connectivity index (χ4v) is 7.10. The molecule has 13 nitrogen and oxygen atoms in total. The van der Waals surface area contributed by atoms with E-state index >= 15 is 0 Å². The number of amides is 2. The Kier molecular flexibility index (Phi) is 20.1. The molecule has 0 aliphatic rings. The van der Waals surface area contributed by atoms with Crippen molar-refractivity contribution in [1.29, 1.82) is 0 Å². The SMILES string of the molecule is CCOC(=O)C(CSN[C@@H](CS)C(=O)S)NC(=O)c1ccccc1Nc1ccccc1C(=O)NC(CSN[C@@H](CS)C(=O)S)C(=O)OCC. The number of carbonyl (C=O) groups is 6. The van der Waals surface area contributed by atoms with Gasteiger partial charge in [-0.1, -0.05) is 48.2 Å². The van der Waals surface area contributed by atoms with Crippen molar-refractivity contribution in [2.24, 2.45) is 0 Å². The Balaban J connectivity index is 2.26. The normalized spacial score (nSPS) is 13.3. The highest BCUT2D eigenvalue weighted by molar-refractivity contribution is 7.99. The number of benzene rings is 2. The van der Waals surface area contributed by atoms with Crippen LogP contribution in [0.3, 0.4) is 0 Å². The van der Waals surface area contributed by atoms with Gasteiger partial charge < -0.3 is 25.4 Å². The summed E-state index contributed by atoms with van der Waals surface area (Å²) in [6.07, 6.45) is 0. The summed E-state index contributed by atoms with van der Waals surface area (Å²) < 4.78 is 16.0. The number of hydrogen-bond acceptors (Lipinski definition) is 15.